The summed E-state index contributed by atoms with van der Waals surface area (Å²) in [6.45, 7) is 0.871. The molecule has 0 saturated heterocycles. The molecule has 0 spiro atoms. The van der Waals surface area contributed by atoms with E-state index in [2.05, 4.69) is 6.07 Å². The van der Waals surface area contributed by atoms with Gasteiger partial charge in [0.2, 0.25) is 5.91 Å². The third-order valence-electron chi connectivity index (χ3n) is 6.51. The van der Waals surface area contributed by atoms with E-state index in [1.165, 1.54) is 29.1 Å². The van der Waals surface area contributed by atoms with E-state index in [4.69, 9.17) is 9.47 Å². The van der Waals surface area contributed by atoms with Crippen LogP contribution in [0.25, 0.3) is 0 Å². The van der Waals surface area contributed by atoms with Gasteiger partial charge in [-0.05, 0) is 72.7 Å². The lowest BCUT2D eigenvalue weighted by atomic mass is 10.0. The maximum absolute atomic E-state index is 13.6. The van der Waals surface area contributed by atoms with Gasteiger partial charge in [0.05, 0.1) is 13.2 Å². The molecule has 2 amide bonds. The van der Waals surface area contributed by atoms with Crippen LogP contribution in [0.3, 0.4) is 0 Å². The van der Waals surface area contributed by atoms with Crippen LogP contribution >= 0.6 is 11.3 Å². The van der Waals surface area contributed by atoms with Gasteiger partial charge in [-0.25, -0.2) is 4.39 Å². The SMILES string of the molecule is COc1cccc(OC[C@@H]2c3ccsc3CCN2C(=O)CN(C(=O)c2ccc(F)cc2)C2CC2)c1. The van der Waals surface area contributed by atoms with E-state index in [9.17, 15) is 14.0 Å². The molecule has 2 heterocycles. The zero-order valence-electron chi connectivity index (χ0n) is 19.5. The van der Waals surface area contributed by atoms with Crippen molar-refractivity contribution in [3.05, 3.63) is 81.8 Å². The molecule has 2 aliphatic rings. The second-order valence-corrected chi connectivity index (χ2v) is 9.81. The van der Waals surface area contributed by atoms with E-state index >= 15 is 0 Å². The fraction of sp³-hybridized carbons (Fsp3) is 0.333. The van der Waals surface area contributed by atoms with E-state index in [1.807, 2.05) is 34.5 Å². The molecule has 1 aliphatic carbocycles. The summed E-state index contributed by atoms with van der Waals surface area (Å²) in [5.74, 6) is 0.635. The Morgan fingerprint density at radius 2 is 1.89 bits per heavy atom. The molecule has 0 N–H and O–H groups in total. The van der Waals surface area contributed by atoms with Crippen molar-refractivity contribution in [2.45, 2.75) is 31.3 Å². The summed E-state index contributed by atoms with van der Waals surface area (Å²) in [4.78, 5) is 31.5. The monoisotopic (exact) mass is 494 g/mol. The molecule has 6 nitrogen and oxygen atoms in total. The molecular weight excluding hydrogens is 467 g/mol. The number of methoxy groups -OCH3 is 1. The minimum absolute atomic E-state index is 0.00396. The van der Waals surface area contributed by atoms with Crippen molar-refractivity contribution in [3.8, 4) is 11.5 Å². The first-order valence-electron chi connectivity index (χ1n) is 11.7. The minimum atomic E-state index is -0.394. The largest absolute Gasteiger partial charge is 0.497 e. The number of hydrogen-bond acceptors (Lipinski definition) is 5. The summed E-state index contributed by atoms with van der Waals surface area (Å²) in [6.07, 6.45) is 2.53. The van der Waals surface area contributed by atoms with Crippen LogP contribution in [0.2, 0.25) is 0 Å². The smallest absolute Gasteiger partial charge is 0.254 e. The Bertz CT molecular complexity index is 1210. The van der Waals surface area contributed by atoms with Gasteiger partial charge >= 0.3 is 0 Å². The molecule has 8 heteroatoms. The summed E-state index contributed by atoms with van der Waals surface area (Å²) in [7, 11) is 1.61. The highest BCUT2D eigenvalue weighted by Gasteiger charge is 2.38. The highest BCUT2D eigenvalue weighted by Crippen LogP contribution is 2.35. The molecule has 0 radical (unpaired) electrons. The van der Waals surface area contributed by atoms with E-state index < -0.39 is 5.82 Å². The molecule has 35 heavy (non-hydrogen) atoms. The number of carbonyl (C=O) groups is 2. The van der Waals surface area contributed by atoms with Crippen LogP contribution in [-0.4, -0.2) is 54.5 Å². The number of nitrogens with zero attached hydrogens (tertiary/aromatic N) is 2. The number of hydrogen-bond donors (Lipinski definition) is 0. The summed E-state index contributed by atoms with van der Waals surface area (Å²) in [5, 5.41) is 2.05. The first kappa shape index (κ1) is 23.4. The van der Waals surface area contributed by atoms with Crippen molar-refractivity contribution in [1.29, 1.82) is 0 Å². The molecule has 2 aromatic carbocycles. The molecule has 0 bridgehead atoms. The predicted molar refractivity (Wildman–Crippen MR) is 131 cm³/mol. The van der Waals surface area contributed by atoms with Crippen LogP contribution in [0.15, 0.2) is 60.0 Å². The van der Waals surface area contributed by atoms with E-state index in [1.54, 1.807) is 23.3 Å². The molecular formula is C27H27FN2O4S. The van der Waals surface area contributed by atoms with Crippen LogP contribution in [0, 0.1) is 5.82 Å². The average Bonchev–Trinajstić information content (AvgIpc) is 3.61. The van der Waals surface area contributed by atoms with Gasteiger partial charge in [0.15, 0.2) is 0 Å². The second-order valence-electron chi connectivity index (χ2n) is 8.81. The summed E-state index contributed by atoms with van der Waals surface area (Å²) in [5.41, 5.74) is 1.49. The number of fused-ring (bicyclic) bond motifs is 1. The van der Waals surface area contributed by atoms with Crippen molar-refractivity contribution in [2.24, 2.45) is 0 Å². The maximum atomic E-state index is 13.6. The van der Waals surface area contributed by atoms with Gasteiger partial charge in [0, 0.05) is 29.1 Å². The second kappa shape index (κ2) is 10.1. The Hall–Kier alpha value is -3.39. The number of ether oxygens (including phenoxy) is 2. The number of rotatable bonds is 8. The van der Waals surface area contributed by atoms with Crippen molar-refractivity contribution in [3.63, 3.8) is 0 Å². The highest BCUT2D eigenvalue weighted by atomic mass is 32.1. The topological polar surface area (TPSA) is 59.1 Å². The van der Waals surface area contributed by atoms with E-state index in [0.29, 0.717) is 30.2 Å². The number of benzene rings is 2. The summed E-state index contributed by atoms with van der Waals surface area (Å²) >= 11 is 1.69. The fourth-order valence-electron chi connectivity index (χ4n) is 4.49. The molecule has 3 aromatic rings. The van der Waals surface area contributed by atoms with Crippen LogP contribution < -0.4 is 9.47 Å². The molecule has 1 aliphatic heterocycles. The van der Waals surface area contributed by atoms with Gasteiger partial charge in [0.1, 0.15) is 30.5 Å². The molecule has 1 aromatic heterocycles. The zero-order chi connectivity index (χ0) is 24.4. The molecule has 1 atom stereocenters. The third-order valence-corrected chi connectivity index (χ3v) is 7.51. The fourth-order valence-corrected chi connectivity index (χ4v) is 5.42. The standard InChI is InChI=1S/C27H27FN2O4S/c1-33-21-3-2-4-22(15-21)34-17-24-23-12-14-35-25(23)11-13-29(24)26(31)16-30(20-9-10-20)27(32)18-5-7-19(28)8-6-18/h2-8,12,14-15,20,24H,9-11,13,16-17H2,1H3/t24-/m1/s1. The molecule has 5 rings (SSSR count). The number of halogens is 1. The van der Waals surface area contributed by atoms with Gasteiger partial charge in [0.25, 0.3) is 5.91 Å². The van der Waals surface area contributed by atoms with Crippen molar-refractivity contribution in [2.75, 3.05) is 26.8 Å². The summed E-state index contributed by atoms with van der Waals surface area (Å²) < 4.78 is 24.7. The highest BCUT2D eigenvalue weighted by molar-refractivity contribution is 7.10. The zero-order valence-corrected chi connectivity index (χ0v) is 20.3. The van der Waals surface area contributed by atoms with Crippen molar-refractivity contribution in [1.82, 2.24) is 9.80 Å². The molecule has 182 valence electrons. The Morgan fingerprint density at radius 1 is 1.11 bits per heavy atom. The van der Waals surface area contributed by atoms with Crippen LogP contribution in [0.5, 0.6) is 11.5 Å². The van der Waals surface area contributed by atoms with Crippen LogP contribution in [-0.2, 0) is 11.2 Å². The molecule has 1 fully saturated rings. The van der Waals surface area contributed by atoms with E-state index in [0.717, 1.165) is 24.8 Å². The number of thiophene rings is 1. The quantitative estimate of drug-likeness (QED) is 0.455. The maximum Gasteiger partial charge on any atom is 0.254 e. The third kappa shape index (κ3) is 5.17. The lowest BCUT2D eigenvalue weighted by molar-refractivity contribution is -0.135. The first-order valence-corrected chi connectivity index (χ1v) is 12.6. The average molecular weight is 495 g/mol. The van der Waals surface area contributed by atoms with Gasteiger partial charge in [-0.2, -0.15) is 0 Å². The van der Waals surface area contributed by atoms with E-state index in [-0.39, 0.29) is 30.4 Å². The Kier molecular flexibility index (Phi) is 6.72. The lowest BCUT2D eigenvalue weighted by Crippen LogP contribution is -2.48. The predicted octanol–water partition coefficient (Wildman–Crippen LogP) is 4.71. The Balaban J connectivity index is 1.33. The summed E-state index contributed by atoms with van der Waals surface area (Å²) in [6, 6.07) is 14.7. The van der Waals surface area contributed by atoms with Crippen molar-refractivity contribution < 1.29 is 23.5 Å². The lowest BCUT2D eigenvalue weighted by Gasteiger charge is -2.37. The van der Waals surface area contributed by atoms with Gasteiger partial charge < -0.3 is 19.3 Å². The van der Waals surface area contributed by atoms with Gasteiger partial charge in [-0.15, -0.1) is 11.3 Å². The Morgan fingerprint density at radius 3 is 2.63 bits per heavy atom. The van der Waals surface area contributed by atoms with Crippen LogP contribution in [0.1, 0.15) is 39.7 Å². The van der Waals surface area contributed by atoms with Gasteiger partial charge in [-0.3, -0.25) is 9.59 Å². The van der Waals surface area contributed by atoms with Crippen molar-refractivity contribution >= 4 is 23.2 Å². The van der Waals surface area contributed by atoms with Gasteiger partial charge in [-0.1, -0.05) is 6.07 Å². The number of carbonyl (C=O) groups excluding carboxylic acids is 2. The Labute approximate surface area is 207 Å². The first-order chi connectivity index (χ1) is 17.0. The minimum Gasteiger partial charge on any atom is -0.497 e. The molecule has 1 saturated carbocycles. The number of amides is 2. The molecule has 0 unspecified atom stereocenters. The van der Waals surface area contributed by atoms with Crippen LogP contribution in [0.4, 0.5) is 4.39 Å². The normalized spacial score (nSPS) is 17.0.